The Bertz CT molecular complexity index is 392. The fourth-order valence-corrected chi connectivity index (χ4v) is 2.10. The van der Waals surface area contributed by atoms with Gasteiger partial charge < -0.3 is 10.2 Å². The van der Waals surface area contributed by atoms with E-state index in [0.29, 0.717) is 13.1 Å². The molecule has 0 unspecified atom stereocenters. The molecule has 0 aliphatic carbocycles. The maximum absolute atomic E-state index is 11.9. The number of carbonyl (C=O) groups is 2. The van der Waals surface area contributed by atoms with Crippen LogP contribution in [0, 0.1) is 0 Å². The van der Waals surface area contributed by atoms with E-state index in [9.17, 15) is 9.59 Å². The zero-order valence-electron chi connectivity index (χ0n) is 9.63. The van der Waals surface area contributed by atoms with Gasteiger partial charge in [0.2, 0.25) is 12.3 Å². The second-order valence-corrected chi connectivity index (χ2v) is 4.20. The Morgan fingerprint density at radius 3 is 2.88 bits per heavy atom. The SMILES string of the molecule is O=CN1CCC[C@H]1C(=O)NCc1ccccc1. The molecule has 1 atom stereocenters. The molecule has 0 radical (unpaired) electrons. The molecule has 4 nitrogen and oxygen atoms in total. The summed E-state index contributed by atoms with van der Waals surface area (Å²) in [7, 11) is 0. The maximum atomic E-state index is 11.9. The third-order valence-electron chi connectivity index (χ3n) is 3.04. The van der Waals surface area contributed by atoms with Gasteiger partial charge in [-0.1, -0.05) is 30.3 Å². The first-order valence-corrected chi connectivity index (χ1v) is 5.84. The zero-order chi connectivity index (χ0) is 12.1. The summed E-state index contributed by atoms with van der Waals surface area (Å²) in [6.07, 6.45) is 2.43. The largest absolute Gasteiger partial charge is 0.350 e. The highest BCUT2D eigenvalue weighted by atomic mass is 16.2. The molecule has 0 bridgehead atoms. The van der Waals surface area contributed by atoms with Gasteiger partial charge in [0.1, 0.15) is 6.04 Å². The normalized spacial score (nSPS) is 19.1. The minimum Gasteiger partial charge on any atom is -0.350 e. The van der Waals surface area contributed by atoms with Crippen LogP contribution in [0.1, 0.15) is 18.4 Å². The van der Waals surface area contributed by atoms with Crippen molar-refractivity contribution in [3.63, 3.8) is 0 Å². The lowest BCUT2D eigenvalue weighted by atomic mass is 10.2. The molecule has 4 heteroatoms. The van der Waals surface area contributed by atoms with Crippen LogP contribution in [0.5, 0.6) is 0 Å². The molecule has 2 amide bonds. The highest BCUT2D eigenvalue weighted by molar-refractivity contribution is 5.84. The van der Waals surface area contributed by atoms with Crippen LogP contribution in [0.4, 0.5) is 0 Å². The second-order valence-electron chi connectivity index (χ2n) is 4.20. The standard InChI is InChI=1S/C13H16N2O2/c16-10-15-8-4-7-12(15)13(17)14-9-11-5-2-1-3-6-11/h1-3,5-6,10,12H,4,7-9H2,(H,14,17)/t12-/m0/s1. The van der Waals surface area contributed by atoms with E-state index < -0.39 is 0 Å². The van der Waals surface area contributed by atoms with E-state index in [1.807, 2.05) is 30.3 Å². The van der Waals surface area contributed by atoms with Crippen molar-refractivity contribution >= 4 is 12.3 Å². The van der Waals surface area contributed by atoms with Crippen molar-refractivity contribution in [2.75, 3.05) is 6.54 Å². The van der Waals surface area contributed by atoms with E-state index in [1.165, 1.54) is 0 Å². The monoisotopic (exact) mass is 232 g/mol. The summed E-state index contributed by atoms with van der Waals surface area (Å²) in [4.78, 5) is 24.2. The number of likely N-dealkylation sites (tertiary alicyclic amines) is 1. The molecule has 1 N–H and O–H groups in total. The van der Waals surface area contributed by atoms with Gasteiger partial charge in [0, 0.05) is 13.1 Å². The summed E-state index contributed by atoms with van der Waals surface area (Å²) < 4.78 is 0. The van der Waals surface area contributed by atoms with E-state index in [4.69, 9.17) is 0 Å². The predicted molar refractivity (Wildman–Crippen MR) is 64.1 cm³/mol. The van der Waals surface area contributed by atoms with Crippen molar-refractivity contribution in [3.8, 4) is 0 Å². The number of benzene rings is 1. The first-order chi connectivity index (χ1) is 8.31. The van der Waals surface area contributed by atoms with Gasteiger partial charge in [0.25, 0.3) is 0 Å². The first kappa shape index (κ1) is 11.6. The second kappa shape index (κ2) is 5.48. The molecule has 17 heavy (non-hydrogen) atoms. The topological polar surface area (TPSA) is 49.4 Å². The summed E-state index contributed by atoms with van der Waals surface area (Å²) >= 11 is 0. The van der Waals surface area contributed by atoms with Gasteiger partial charge in [-0.3, -0.25) is 9.59 Å². The van der Waals surface area contributed by atoms with Crippen LogP contribution in [0.2, 0.25) is 0 Å². The van der Waals surface area contributed by atoms with Crippen molar-refractivity contribution < 1.29 is 9.59 Å². The molecule has 1 aliphatic heterocycles. The third kappa shape index (κ3) is 2.84. The van der Waals surface area contributed by atoms with E-state index in [-0.39, 0.29) is 11.9 Å². The van der Waals surface area contributed by atoms with Crippen LogP contribution in [0.3, 0.4) is 0 Å². The van der Waals surface area contributed by atoms with E-state index in [1.54, 1.807) is 4.90 Å². The van der Waals surface area contributed by atoms with Gasteiger partial charge in [-0.15, -0.1) is 0 Å². The summed E-state index contributed by atoms with van der Waals surface area (Å²) in [5.74, 6) is -0.0570. The Labute approximate surface area is 101 Å². The zero-order valence-corrected chi connectivity index (χ0v) is 9.63. The quantitative estimate of drug-likeness (QED) is 0.785. The Kier molecular flexibility index (Phi) is 3.75. The molecule has 1 aromatic rings. The molecular weight excluding hydrogens is 216 g/mol. The molecule has 90 valence electrons. The number of amides is 2. The smallest absolute Gasteiger partial charge is 0.243 e. The summed E-state index contributed by atoms with van der Waals surface area (Å²) in [6.45, 7) is 1.20. The minimum absolute atomic E-state index is 0.0570. The van der Waals surface area contributed by atoms with E-state index >= 15 is 0 Å². The highest BCUT2D eigenvalue weighted by Crippen LogP contribution is 2.15. The number of carbonyl (C=O) groups excluding carboxylic acids is 2. The van der Waals surface area contributed by atoms with Crippen molar-refractivity contribution in [2.45, 2.75) is 25.4 Å². The minimum atomic E-state index is -0.281. The molecule has 1 aromatic carbocycles. The maximum Gasteiger partial charge on any atom is 0.243 e. The number of hydrogen-bond acceptors (Lipinski definition) is 2. The summed E-state index contributed by atoms with van der Waals surface area (Å²) in [6, 6.07) is 9.47. The van der Waals surface area contributed by atoms with Gasteiger partial charge in [0.15, 0.2) is 0 Å². The lowest BCUT2D eigenvalue weighted by Crippen LogP contribution is -2.42. The Balaban J connectivity index is 1.87. The molecule has 1 fully saturated rings. The lowest BCUT2D eigenvalue weighted by Gasteiger charge is -2.19. The molecule has 1 saturated heterocycles. The Hall–Kier alpha value is -1.84. The van der Waals surface area contributed by atoms with E-state index in [2.05, 4.69) is 5.32 Å². The molecule has 2 rings (SSSR count). The predicted octanol–water partition coefficient (Wildman–Crippen LogP) is 0.924. The molecule has 0 saturated carbocycles. The number of hydrogen-bond donors (Lipinski definition) is 1. The first-order valence-electron chi connectivity index (χ1n) is 5.84. The molecular formula is C13H16N2O2. The van der Waals surface area contributed by atoms with Crippen LogP contribution >= 0.6 is 0 Å². The number of nitrogens with one attached hydrogen (secondary N) is 1. The lowest BCUT2D eigenvalue weighted by molar-refractivity contribution is -0.131. The van der Waals surface area contributed by atoms with Gasteiger partial charge in [0.05, 0.1) is 0 Å². The van der Waals surface area contributed by atoms with Crippen LogP contribution in [-0.4, -0.2) is 29.8 Å². The van der Waals surface area contributed by atoms with Crippen molar-refractivity contribution in [3.05, 3.63) is 35.9 Å². The fourth-order valence-electron chi connectivity index (χ4n) is 2.10. The van der Waals surface area contributed by atoms with Crippen molar-refractivity contribution in [1.29, 1.82) is 0 Å². The van der Waals surface area contributed by atoms with Crippen LogP contribution < -0.4 is 5.32 Å². The molecule has 0 aromatic heterocycles. The van der Waals surface area contributed by atoms with Gasteiger partial charge >= 0.3 is 0 Å². The summed E-state index contributed by atoms with van der Waals surface area (Å²) in [5.41, 5.74) is 1.07. The van der Waals surface area contributed by atoms with Crippen LogP contribution in [0.15, 0.2) is 30.3 Å². The Morgan fingerprint density at radius 1 is 1.41 bits per heavy atom. The summed E-state index contributed by atoms with van der Waals surface area (Å²) in [5, 5.41) is 2.87. The number of rotatable bonds is 4. The van der Waals surface area contributed by atoms with Gasteiger partial charge in [-0.2, -0.15) is 0 Å². The third-order valence-corrected chi connectivity index (χ3v) is 3.04. The highest BCUT2D eigenvalue weighted by Gasteiger charge is 2.29. The van der Waals surface area contributed by atoms with Gasteiger partial charge in [-0.25, -0.2) is 0 Å². The molecule has 1 aliphatic rings. The number of nitrogens with zero attached hydrogens (tertiary/aromatic N) is 1. The van der Waals surface area contributed by atoms with Crippen molar-refractivity contribution in [2.24, 2.45) is 0 Å². The van der Waals surface area contributed by atoms with E-state index in [0.717, 1.165) is 24.8 Å². The van der Waals surface area contributed by atoms with Crippen molar-refractivity contribution in [1.82, 2.24) is 10.2 Å². The molecule has 1 heterocycles. The molecule has 0 spiro atoms. The van der Waals surface area contributed by atoms with Crippen LogP contribution in [0.25, 0.3) is 0 Å². The van der Waals surface area contributed by atoms with Crippen LogP contribution in [-0.2, 0) is 16.1 Å². The van der Waals surface area contributed by atoms with Gasteiger partial charge in [-0.05, 0) is 18.4 Å². The Morgan fingerprint density at radius 2 is 2.18 bits per heavy atom. The fraction of sp³-hybridized carbons (Fsp3) is 0.385. The average Bonchev–Trinajstić information content (AvgIpc) is 2.85. The average molecular weight is 232 g/mol.